The van der Waals surface area contributed by atoms with Crippen LogP contribution in [0.5, 0.6) is 0 Å². The monoisotopic (exact) mass is 856 g/mol. The molecule has 0 saturated carbocycles. The van der Waals surface area contributed by atoms with Crippen molar-refractivity contribution in [2.75, 3.05) is 0 Å². The number of thiophene rings is 1. The van der Waals surface area contributed by atoms with Gasteiger partial charge >= 0.3 is 0 Å². The van der Waals surface area contributed by atoms with Crippen LogP contribution in [0, 0.1) is 0 Å². The SMILES string of the molecule is c1ccc(-c2ccc(-c3cc(-c4ccc(-c5ccccc5)cc4)nc(-n4c5ccccc5c5cc(-c6cccc7c(-c8ccc9sc%10ccccc%10c9c8)cccc67)ccc54)c3)cc2)cc1. The number of fused-ring (bicyclic) bond motifs is 7. The predicted octanol–water partition coefficient (Wildman–Crippen LogP) is 17.7. The molecule has 0 aliphatic carbocycles. The maximum absolute atomic E-state index is 5.50. The number of hydrogen-bond acceptors (Lipinski definition) is 2. The lowest BCUT2D eigenvalue weighted by atomic mass is 9.92. The van der Waals surface area contributed by atoms with Crippen molar-refractivity contribution in [2.24, 2.45) is 0 Å². The van der Waals surface area contributed by atoms with Gasteiger partial charge in [0.1, 0.15) is 5.82 Å². The number of hydrogen-bond donors (Lipinski definition) is 0. The van der Waals surface area contributed by atoms with Crippen LogP contribution < -0.4 is 0 Å². The number of para-hydroxylation sites is 1. The molecule has 13 aromatic rings. The molecule has 3 heterocycles. The Labute approximate surface area is 387 Å². The van der Waals surface area contributed by atoms with Crippen LogP contribution in [-0.2, 0) is 0 Å². The molecule has 0 fully saturated rings. The van der Waals surface area contributed by atoms with Crippen LogP contribution in [0.1, 0.15) is 0 Å². The average Bonchev–Trinajstić information content (AvgIpc) is 3.94. The molecule has 0 unspecified atom stereocenters. The number of aromatic nitrogens is 2. The molecule has 3 heteroatoms. The Morgan fingerprint density at radius 3 is 1.41 bits per heavy atom. The number of benzene rings is 10. The largest absolute Gasteiger partial charge is 0.294 e. The van der Waals surface area contributed by atoms with Crippen molar-refractivity contribution in [3.8, 4) is 72.7 Å². The Balaban J connectivity index is 0.950. The van der Waals surface area contributed by atoms with Crippen molar-refractivity contribution in [3.05, 3.63) is 243 Å². The molecule has 13 rings (SSSR count). The van der Waals surface area contributed by atoms with Gasteiger partial charge in [-0.25, -0.2) is 4.98 Å². The van der Waals surface area contributed by atoms with Crippen molar-refractivity contribution in [3.63, 3.8) is 0 Å². The van der Waals surface area contributed by atoms with E-state index in [1.54, 1.807) is 0 Å². The highest BCUT2D eigenvalue weighted by Gasteiger charge is 2.18. The lowest BCUT2D eigenvalue weighted by Gasteiger charge is -2.14. The van der Waals surface area contributed by atoms with E-state index >= 15 is 0 Å². The number of rotatable bonds is 7. The van der Waals surface area contributed by atoms with E-state index in [2.05, 4.69) is 247 Å². The standard InChI is InChI=1S/C63H40N2S/c1-3-13-41(14-4-1)43-25-27-45(28-26-43)49-39-58(46-31-29-44(30-32-46)42-15-5-2-6-16-42)64-63(40-49)65-59-23-9-7-17-54(59)56-37-47(33-35-60(56)65)50-19-11-22-53-51(20-12-21-52(50)53)48-34-36-62-57(38-48)55-18-8-10-24-61(55)66-62/h1-40H. The van der Waals surface area contributed by atoms with Crippen LogP contribution in [0.2, 0.25) is 0 Å². The van der Waals surface area contributed by atoms with Crippen molar-refractivity contribution in [2.45, 2.75) is 0 Å². The summed E-state index contributed by atoms with van der Waals surface area (Å²) in [6, 6.07) is 88.3. The third-order valence-corrected chi connectivity index (χ3v) is 14.4. The fourth-order valence-electron chi connectivity index (χ4n) is 9.99. The molecule has 0 atom stereocenters. The molecule has 66 heavy (non-hydrogen) atoms. The van der Waals surface area contributed by atoms with E-state index in [0.29, 0.717) is 0 Å². The average molecular weight is 857 g/mol. The predicted molar refractivity (Wildman–Crippen MR) is 282 cm³/mol. The summed E-state index contributed by atoms with van der Waals surface area (Å²) in [5, 5.41) is 7.51. The smallest absolute Gasteiger partial charge is 0.138 e. The first-order valence-corrected chi connectivity index (χ1v) is 23.3. The molecule has 3 aromatic heterocycles. The Hall–Kier alpha value is -8.37. The van der Waals surface area contributed by atoms with Gasteiger partial charge in [-0.2, -0.15) is 0 Å². The zero-order chi connectivity index (χ0) is 43.6. The van der Waals surface area contributed by atoms with Crippen molar-refractivity contribution in [1.29, 1.82) is 0 Å². The molecule has 0 saturated heterocycles. The lowest BCUT2D eigenvalue weighted by molar-refractivity contribution is 1.08. The fourth-order valence-corrected chi connectivity index (χ4v) is 11.1. The zero-order valence-electron chi connectivity index (χ0n) is 35.9. The minimum Gasteiger partial charge on any atom is -0.294 e. The van der Waals surface area contributed by atoms with Gasteiger partial charge < -0.3 is 0 Å². The van der Waals surface area contributed by atoms with E-state index in [0.717, 1.165) is 39.2 Å². The van der Waals surface area contributed by atoms with E-state index in [1.165, 1.54) is 86.2 Å². The van der Waals surface area contributed by atoms with E-state index in [4.69, 9.17) is 4.98 Å². The summed E-state index contributed by atoms with van der Waals surface area (Å²) in [7, 11) is 0. The highest BCUT2D eigenvalue weighted by atomic mass is 32.1. The third kappa shape index (κ3) is 6.52. The van der Waals surface area contributed by atoms with Gasteiger partial charge in [-0.1, -0.05) is 194 Å². The van der Waals surface area contributed by atoms with Crippen molar-refractivity contribution in [1.82, 2.24) is 9.55 Å². The third-order valence-electron chi connectivity index (χ3n) is 13.2. The second-order valence-corrected chi connectivity index (χ2v) is 18.2. The van der Waals surface area contributed by atoms with Gasteiger partial charge in [-0.15, -0.1) is 11.3 Å². The first-order chi connectivity index (χ1) is 32.7. The van der Waals surface area contributed by atoms with Gasteiger partial charge in [0.25, 0.3) is 0 Å². The second-order valence-electron chi connectivity index (χ2n) is 17.1. The topological polar surface area (TPSA) is 17.8 Å². The Kier molecular flexibility index (Phi) is 9.07. The summed E-state index contributed by atoms with van der Waals surface area (Å²) in [4.78, 5) is 5.50. The van der Waals surface area contributed by atoms with E-state index in [9.17, 15) is 0 Å². The molecule has 0 aliphatic heterocycles. The fraction of sp³-hybridized carbons (Fsp3) is 0. The summed E-state index contributed by atoms with van der Waals surface area (Å²) in [5.41, 5.74) is 16.2. The number of pyridine rings is 1. The molecule has 0 amide bonds. The van der Waals surface area contributed by atoms with Gasteiger partial charge in [-0.05, 0) is 115 Å². The summed E-state index contributed by atoms with van der Waals surface area (Å²) in [6.07, 6.45) is 0. The number of nitrogens with zero attached hydrogens (tertiary/aromatic N) is 2. The maximum atomic E-state index is 5.50. The first kappa shape index (κ1) is 38.1. The van der Waals surface area contributed by atoms with E-state index in [1.807, 2.05) is 11.3 Å². The molecule has 10 aromatic carbocycles. The van der Waals surface area contributed by atoms with Crippen LogP contribution in [0.25, 0.3) is 125 Å². The van der Waals surface area contributed by atoms with Gasteiger partial charge in [0.2, 0.25) is 0 Å². The molecule has 0 radical (unpaired) electrons. The summed E-state index contributed by atoms with van der Waals surface area (Å²) in [5.74, 6) is 0.880. The second kappa shape index (κ2) is 15.7. The normalized spacial score (nSPS) is 11.6. The molecule has 308 valence electrons. The van der Waals surface area contributed by atoms with Crippen LogP contribution in [0.3, 0.4) is 0 Å². The van der Waals surface area contributed by atoms with Gasteiger partial charge in [0, 0.05) is 36.5 Å². The highest BCUT2D eigenvalue weighted by Crippen LogP contribution is 2.42. The van der Waals surface area contributed by atoms with Crippen molar-refractivity contribution < 1.29 is 0 Å². The molecular weight excluding hydrogens is 817 g/mol. The molecule has 2 nitrogen and oxygen atoms in total. The van der Waals surface area contributed by atoms with Gasteiger partial charge in [-0.3, -0.25) is 4.57 Å². The lowest BCUT2D eigenvalue weighted by Crippen LogP contribution is -2.00. The molecule has 0 spiro atoms. The summed E-state index contributed by atoms with van der Waals surface area (Å²) in [6.45, 7) is 0. The maximum Gasteiger partial charge on any atom is 0.138 e. The molecule has 0 aliphatic rings. The van der Waals surface area contributed by atoms with Gasteiger partial charge in [0.05, 0.1) is 16.7 Å². The molecular formula is C63H40N2S. The highest BCUT2D eigenvalue weighted by molar-refractivity contribution is 7.25. The summed E-state index contributed by atoms with van der Waals surface area (Å²) >= 11 is 1.86. The molecule has 0 bridgehead atoms. The van der Waals surface area contributed by atoms with Gasteiger partial charge in [0.15, 0.2) is 0 Å². The minimum atomic E-state index is 0.880. The van der Waals surface area contributed by atoms with Crippen LogP contribution in [0.15, 0.2) is 243 Å². The van der Waals surface area contributed by atoms with Crippen LogP contribution in [0.4, 0.5) is 0 Å². The van der Waals surface area contributed by atoms with Crippen LogP contribution in [-0.4, -0.2) is 9.55 Å². The summed E-state index contributed by atoms with van der Waals surface area (Å²) < 4.78 is 5.00. The molecule has 0 N–H and O–H groups in total. The Morgan fingerprint density at radius 2 is 0.742 bits per heavy atom. The Bertz CT molecular complexity index is 3850. The van der Waals surface area contributed by atoms with Crippen molar-refractivity contribution >= 4 is 64.1 Å². The Morgan fingerprint density at radius 1 is 0.273 bits per heavy atom. The zero-order valence-corrected chi connectivity index (χ0v) is 36.7. The minimum absolute atomic E-state index is 0.880. The quantitative estimate of drug-likeness (QED) is 0.156. The first-order valence-electron chi connectivity index (χ1n) is 22.5. The van der Waals surface area contributed by atoms with E-state index < -0.39 is 0 Å². The van der Waals surface area contributed by atoms with Crippen LogP contribution >= 0.6 is 11.3 Å². The van der Waals surface area contributed by atoms with E-state index in [-0.39, 0.29) is 0 Å².